The molecule has 5 aliphatic rings. The van der Waals surface area contributed by atoms with Gasteiger partial charge in [-0.15, -0.1) is 0 Å². The van der Waals surface area contributed by atoms with Gasteiger partial charge >= 0.3 is 12.1 Å². The van der Waals surface area contributed by atoms with Crippen LogP contribution in [0.5, 0.6) is 0 Å². The molecule has 9 unspecified atom stereocenters. The summed E-state index contributed by atoms with van der Waals surface area (Å²) in [5.74, 6) is 0.450. The first-order chi connectivity index (χ1) is 16.5. The Bertz CT molecular complexity index is 847. The van der Waals surface area contributed by atoms with Crippen molar-refractivity contribution < 1.29 is 24.2 Å². The van der Waals surface area contributed by atoms with Gasteiger partial charge in [-0.3, -0.25) is 4.79 Å². The van der Waals surface area contributed by atoms with Crippen LogP contribution in [0.4, 0.5) is 4.79 Å². The van der Waals surface area contributed by atoms with Crippen molar-refractivity contribution >= 4 is 12.1 Å². The monoisotopic (exact) mass is 491 g/mol. The minimum atomic E-state index is -0.659. The number of aliphatic hydroxyl groups excluding tert-OH is 1. The third-order valence-electron chi connectivity index (χ3n) is 11.6. The molecule has 0 radical (unpaired) electrons. The predicted molar refractivity (Wildman–Crippen MR) is 131 cm³/mol. The van der Waals surface area contributed by atoms with Crippen LogP contribution in [-0.4, -0.2) is 66.1 Å². The Kier molecular flexibility index (Phi) is 6.41. The van der Waals surface area contributed by atoms with E-state index in [2.05, 4.69) is 6.92 Å². The maximum Gasteiger partial charge on any atom is 0.410 e. The number of hydrogen-bond acceptors (Lipinski definition) is 7. The van der Waals surface area contributed by atoms with E-state index in [9.17, 15) is 14.7 Å². The third kappa shape index (κ3) is 3.72. The number of nitrogens with zero attached hydrogens (tertiary/aromatic N) is 1. The molecule has 9 atom stereocenters. The molecule has 8 heteroatoms. The molecule has 0 aromatic rings. The van der Waals surface area contributed by atoms with E-state index in [0.717, 1.165) is 51.4 Å². The Morgan fingerprint density at radius 2 is 1.69 bits per heavy atom. The Morgan fingerprint density at radius 3 is 2.37 bits per heavy atom. The van der Waals surface area contributed by atoms with E-state index in [-0.39, 0.29) is 41.5 Å². The lowest BCUT2D eigenvalue weighted by Gasteiger charge is -2.65. The molecule has 0 bridgehead atoms. The van der Waals surface area contributed by atoms with Gasteiger partial charge in [-0.25, -0.2) is 4.79 Å². The fourth-order valence-electron chi connectivity index (χ4n) is 9.21. The van der Waals surface area contributed by atoms with Gasteiger partial charge in [-0.2, -0.15) is 0 Å². The highest BCUT2D eigenvalue weighted by molar-refractivity contribution is 5.74. The molecule has 198 valence electrons. The van der Waals surface area contributed by atoms with Crippen molar-refractivity contribution in [3.05, 3.63) is 0 Å². The molecule has 4 saturated carbocycles. The molecule has 5 N–H and O–H groups in total. The molecule has 0 aromatic carbocycles. The molecule has 5 rings (SSSR count). The molecule has 0 aromatic heterocycles. The van der Waals surface area contributed by atoms with Crippen LogP contribution in [0, 0.1) is 34.5 Å². The van der Waals surface area contributed by atoms with Gasteiger partial charge in [0.05, 0.1) is 19.1 Å². The maximum absolute atomic E-state index is 12.8. The SMILES string of the molecule is COC(=O)C1CCC2(N)C3CCC4CC(OC(=O)N5CCC(N)CC5)CCC4(C)C3CC(O)C12C. The van der Waals surface area contributed by atoms with E-state index in [0.29, 0.717) is 37.8 Å². The first-order valence-corrected chi connectivity index (χ1v) is 13.8. The van der Waals surface area contributed by atoms with Gasteiger partial charge in [0.15, 0.2) is 0 Å². The minimum absolute atomic E-state index is 0.0477. The van der Waals surface area contributed by atoms with Crippen molar-refractivity contribution in [2.45, 2.75) is 102 Å². The summed E-state index contributed by atoms with van der Waals surface area (Å²) < 4.78 is 11.1. The van der Waals surface area contributed by atoms with E-state index in [4.69, 9.17) is 20.9 Å². The quantitative estimate of drug-likeness (QED) is 0.507. The second kappa shape index (κ2) is 8.88. The standard InChI is InChI=1S/C27H45N3O5/c1-25-10-6-18(35-24(33)30-12-8-17(28)9-13-30)14-16(25)4-5-19-21(25)15-22(31)26(2)20(23(32)34-3)7-11-27(19,26)29/h16-22,31H,4-15,28-29H2,1-3H3. The molecule has 5 fully saturated rings. The van der Waals surface area contributed by atoms with E-state index < -0.39 is 17.1 Å². The minimum Gasteiger partial charge on any atom is -0.469 e. The topological polar surface area (TPSA) is 128 Å². The second-order valence-electron chi connectivity index (χ2n) is 12.8. The number of piperidine rings is 1. The second-order valence-corrected chi connectivity index (χ2v) is 12.8. The average Bonchev–Trinajstić information content (AvgIpc) is 3.12. The van der Waals surface area contributed by atoms with Crippen molar-refractivity contribution in [1.82, 2.24) is 4.90 Å². The number of rotatable bonds is 2. The average molecular weight is 492 g/mol. The van der Waals surface area contributed by atoms with Crippen molar-refractivity contribution in [2.75, 3.05) is 20.2 Å². The van der Waals surface area contributed by atoms with Crippen LogP contribution < -0.4 is 11.5 Å². The number of carbonyl (C=O) groups excluding carboxylic acids is 2. The summed E-state index contributed by atoms with van der Waals surface area (Å²) in [6.07, 6.45) is 7.68. The fraction of sp³-hybridized carbons (Fsp3) is 0.926. The number of fused-ring (bicyclic) bond motifs is 5. The summed E-state index contributed by atoms with van der Waals surface area (Å²) in [6.45, 7) is 5.77. The van der Waals surface area contributed by atoms with Gasteiger partial charge in [0, 0.05) is 30.1 Å². The maximum atomic E-state index is 12.8. The highest BCUT2D eigenvalue weighted by Gasteiger charge is 2.70. The van der Waals surface area contributed by atoms with Crippen LogP contribution in [0.15, 0.2) is 0 Å². The van der Waals surface area contributed by atoms with E-state index >= 15 is 0 Å². The smallest absolute Gasteiger partial charge is 0.410 e. The molecule has 0 spiro atoms. The third-order valence-corrected chi connectivity index (χ3v) is 11.6. The number of amides is 1. The number of esters is 1. The number of nitrogens with two attached hydrogens (primary N) is 2. The molecule has 35 heavy (non-hydrogen) atoms. The zero-order valence-electron chi connectivity index (χ0n) is 21.7. The highest BCUT2D eigenvalue weighted by atomic mass is 16.6. The first kappa shape index (κ1) is 25.3. The first-order valence-electron chi connectivity index (χ1n) is 13.8. The lowest BCUT2D eigenvalue weighted by molar-refractivity contribution is -0.189. The summed E-state index contributed by atoms with van der Waals surface area (Å²) in [6, 6.07) is 0.186. The van der Waals surface area contributed by atoms with Gasteiger partial charge in [0.25, 0.3) is 0 Å². The zero-order chi connectivity index (χ0) is 25.2. The molecule has 8 nitrogen and oxygen atoms in total. The van der Waals surface area contributed by atoms with Crippen molar-refractivity contribution in [2.24, 2.45) is 46.0 Å². The Morgan fingerprint density at radius 1 is 0.971 bits per heavy atom. The van der Waals surface area contributed by atoms with Crippen LogP contribution in [-0.2, 0) is 14.3 Å². The van der Waals surface area contributed by atoms with Gasteiger partial charge in [-0.1, -0.05) is 13.8 Å². The van der Waals surface area contributed by atoms with Gasteiger partial charge in [-0.05, 0) is 87.4 Å². The van der Waals surface area contributed by atoms with Crippen LogP contribution in [0.3, 0.4) is 0 Å². The van der Waals surface area contributed by atoms with Crippen molar-refractivity contribution in [3.63, 3.8) is 0 Å². The Labute approximate surface area is 209 Å². The Hall–Kier alpha value is -1.38. The summed E-state index contributed by atoms with van der Waals surface area (Å²) >= 11 is 0. The largest absolute Gasteiger partial charge is 0.469 e. The van der Waals surface area contributed by atoms with E-state index in [1.165, 1.54) is 7.11 Å². The summed E-state index contributed by atoms with van der Waals surface area (Å²) in [7, 11) is 1.43. The number of likely N-dealkylation sites (tertiary alicyclic amines) is 1. The van der Waals surface area contributed by atoms with Gasteiger partial charge in [0.2, 0.25) is 0 Å². The van der Waals surface area contributed by atoms with Crippen molar-refractivity contribution in [3.8, 4) is 0 Å². The number of hydrogen-bond donors (Lipinski definition) is 3. The van der Waals surface area contributed by atoms with E-state index in [1.807, 2.05) is 11.8 Å². The van der Waals surface area contributed by atoms with E-state index in [1.54, 1.807) is 0 Å². The lowest BCUT2D eigenvalue weighted by Crippen LogP contribution is -2.71. The number of aliphatic hydroxyl groups is 1. The molecular weight excluding hydrogens is 446 g/mol. The lowest BCUT2D eigenvalue weighted by atomic mass is 9.42. The number of carbonyl (C=O) groups is 2. The van der Waals surface area contributed by atoms with Crippen molar-refractivity contribution in [1.29, 1.82) is 0 Å². The summed E-state index contributed by atoms with van der Waals surface area (Å²) in [5.41, 5.74) is 12.1. The predicted octanol–water partition coefficient (Wildman–Crippen LogP) is 2.80. The van der Waals surface area contributed by atoms with Crippen LogP contribution in [0.1, 0.15) is 78.1 Å². The molecule has 1 saturated heterocycles. The molecule has 1 heterocycles. The van der Waals surface area contributed by atoms with Crippen LogP contribution in [0.2, 0.25) is 0 Å². The van der Waals surface area contributed by atoms with Gasteiger partial charge < -0.3 is 30.9 Å². The summed E-state index contributed by atoms with van der Waals surface area (Å²) in [4.78, 5) is 27.2. The highest BCUT2D eigenvalue weighted by Crippen LogP contribution is 2.68. The molecule has 1 aliphatic heterocycles. The normalized spacial score (nSPS) is 47.9. The molecule has 1 amide bonds. The molecule has 4 aliphatic carbocycles. The van der Waals surface area contributed by atoms with Crippen LogP contribution >= 0.6 is 0 Å². The molecular formula is C27H45N3O5. The van der Waals surface area contributed by atoms with Crippen LogP contribution in [0.25, 0.3) is 0 Å². The number of ether oxygens (including phenoxy) is 2. The zero-order valence-corrected chi connectivity index (χ0v) is 21.7. The summed E-state index contributed by atoms with van der Waals surface area (Å²) in [5, 5.41) is 11.5. The fourth-order valence-corrected chi connectivity index (χ4v) is 9.21. The van der Waals surface area contributed by atoms with Gasteiger partial charge in [0.1, 0.15) is 6.10 Å². The number of methoxy groups -OCH3 is 1. The Balaban J connectivity index is 1.29.